The molecule has 1 atom stereocenters. The summed E-state index contributed by atoms with van der Waals surface area (Å²) < 4.78 is 0. The molecule has 1 rings (SSSR count). The number of hydrogen-bond donors (Lipinski definition) is 2. The summed E-state index contributed by atoms with van der Waals surface area (Å²) >= 11 is 4.47. The molecule has 0 bridgehead atoms. The molecule has 0 spiro atoms. The van der Waals surface area contributed by atoms with Crippen LogP contribution < -0.4 is 5.73 Å². The molecular weight excluding hydrogens is 202 g/mol. The van der Waals surface area contributed by atoms with Crippen LogP contribution in [0.4, 0.5) is 0 Å². The number of thiol groups is 1. The predicted molar refractivity (Wildman–Crippen MR) is 70.7 cm³/mol. The van der Waals surface area contributed by atoms with Gasteiger partial charge in [-0.15, -0.1) is 0 Å². The normalized spacial score (nSPS) is 14.0. The zero-order valence-corrected chi connectivity index (χ0v) is 10.9. The van der Waals surface area contributed by atoms with Crippen molar-refractivity contribution >= 4 is 12.6 Å². The predicted octanol–water partition coefficient (Wildman–Crippen LogP) is 3.22. The van der Waals surface area contributed by atoms with E-state index in [0.29, 0.717) is 6.54 Å². The first-order valence-electron chi connectivity index (χ1n) is 5.35. The maximum absolute atomic E-state index is 5.62. The second-order valence-corrected chi connectivity index (χ2v) is 5.70. The zero-order valence-electron chi connectivity index (χ0n) is 10.0. The van der Waals surface area contributed by atoms with Crippen LogP contribution in [0.5, 0.6) is 0 Å². The van der Waals surface area contributed by atoms with E-state index in [4.69, 9.17) is 5.73 Å². The maximum atomic E-state index is 5.62. The second-order valence-electron chi connectivity index (χ2n) is 5.07. The fourth-order valence-electron chi connectivity index (χ4n) is 1.64. The van der Waals surface area contributed by atoms with Crippen molar-refractivity contribution in [3.63, 3.8) is 0 Å². The smallest absolute Gasteiger partial charge is 0.0392 e. The van der Waals surface area contributed by atoms with Gasteiger partial charge in [0, 0.05) is 11.8 Å². The van der Waals surface area contributed by atoms with Gasteiger partial charge in [0.1, 0.15) is 0 Å². The molecule has 0 aliphatic heterocycles. The number of rotatable bonds is 2. The third-order valence-electron chi connectivity index (χ3n) is 2.72. The van der Waals surface area contributed by atoms with Gasteiger partial charge in [0.2, 0.25) is 0 Å². The summed E-state index contributed by atoms with van der Waals surface area (Å²) in [4.78, 5) is 0. The van der Waals surface area contributed by atoms with Crippen LogP contribution in [0, 0.1) is 6.92 Å². The Bertz CT molecular complexity index is 339. The van der Waals surface area contributed by atoms with Crippen molar-refractivity contribution in [1.82, 2.24) is 0 Å². The molecule has 0 aliphatic carbocycles. The Morgan fingerprint density at radius 2 is 1.93 bits per heavy atom. The Morgan fingerprint density at radius 3 is 2.33 bits per heavy atom. The summed E-state index contributed by atoms with van der Waals surface area (Å²) in [6.07, 6.45) is 0. The molecule has 2 heteroatoms. The first-order valence-corrected chi connectivity index (χ1v) is 5.87. The molecular formula is C13H21NS. The van der Waals surface area contributed by atoms with Gasteiger partial charge < -0.3 is 5.73 Å². The third-order valence-corrected chi connectivity index (χ3v) is 3.21. The van der Waals surface area contributed by atoms with E-state index in [1.165, 1.54) is 16.7 Å². The van der Waals surface area contributed by atoms with Crippen molar-refractivity contribution < 1.29 is 0 Å². The molecule has 84 valence electrons. The Kier molecular flexibility index (Phi) is 3.85. The lowest BCUT2D eigenvalue weighted by Crippen LogP contribution is -2.13. The lowest BCUT2D eigenvalue weighted by molar-refractivity contribution is 0.589. The van der Waals surface area contributed by atoms with Crippen molar-refractivity contribution in [2.45, 2.75) is 38.4 Å². The highest BCUT2D eigenvalue weighted by molar-refractivity contribution is 7.80. The van der Waals surface area contributed by atoms with Crippen LogP contribution in [0.1, 0.15) is 42.7 Å². The minimum atomic E-state index is 0.152. The standard InChI is InChI=1S/C13H21NS/c1-9-7-10(13(2,3)4)5-6-11(9)12(15)8-14/h5-7,12,15H,8,14H2,1-4H3. The SMILES string of the molecule is Cc1cc(C(C)(C)C)ccc1C(S)CN. The summed E-state index contributed by atoms with van der Waals surface area (Å²) in [6.45, 7) is 9.38. The maximum Gasteiger partial charge on any atom is 0.0392 e. The van der Waals surface area contributed by atoms with Crippen LogP contribution >= 0.6 is 12.6 Å². The Morgan fingerprint density at radius 1 is 1.33 bits per heavy atom. The van der Waals surface area contributed by atoms with Crippen molar-refractivity contribution in [3.05, 3.63) is 34.9 Å². The summed E-state index contributed by atoms with van der Waals surface area (Å²) in [5.74, 6) is 0. The van der Waals surface area contributed by atoms with Gasteiger partial charge in [-0.1, -0.05) is 39.0 Å². The summed E-state index contributed by atoms with van der Waals surface area (Å²) in [5, 5.41) is 0.152. The van der Waals surface area contributed by atoms with Crippen LogP contribution in [0.15, 0.2) is 18.2 Å². The fourth-order valence-corrected chi connectivity index (χ4v) is 1.93. The topological polar surface area (TPSA) is 26.0 Å². The molecule has 0 saturated heterocycles. The van der Waals surface area contributed by atoms with Gasteiger partial charge >= 0.3 is 0 Å². The van der Waals surface area contributed by atoms with Gasteiger partial charge in [-0.05, 0) is 29.0 Å². The number of benzene rings is 1. The minimum absolute atomic E-state index is 0.152. The molecule has 1 aromatic carbocycles. The molecule has 0 heterocycles. The molecule has 0 aliphatic rings. The molecule has 2 N–H and O–H groups in total. The number of hydrogen-bond acceptors (Lipinski definition) is 2. The van der Waals surface area contributed by atoms with E-state index < -0.39 is 0 Å². The van der Waals surface area contributed by atoms with E-state index in [1.807, 2.05) is 0 Å². The van der Waals surface area contributed by atoms with Crippen molar-refractivity contribution in [1.29, 1.82) is 0 Å². The quantitative estimate of drug-likeness (QED) is 0.740. The molecule has 1 aromatic rings. The van der Waals surface area contributed by atoms with Crippen LogP contribution in [-0.4, -0.2) is 6.54 Å². The van der Waals surface area contributed by atoms with E-state index in [2.05, 4.69) is 58.5 Å². The average molecular weight is 223 g/mol. The molecule has 0 radical (unpaired) electrons. The van der Waals surface area contributed by atoms with Gasteiger partial charge in [0.25, 0.3) is 0 Å². The fraction of sp³-hybridized carbons (Fsp3) is 0.538. The molecule has 1 nitrogen and oxygen atoms in total. The average Bonchev–Trinajstić information content (AvgIpc) is 2.15. The lowest BCUT2D eigenvalue weighted by atomic mass is 9.85. The molecule has 0 saturated carbocycles. The van der Waals surface area contributed by atoms with Gasteiger partial charge in [0.15, 0.2) is 0 Å². The summed E-state index contributed by atoms with van der Waals surface area (Å²) in [6, 6.07) is 6.58. The molecule has 0 fully saturated rings. The summed E-state index contributed by atoms with van der Waals surface area (Å²) in [5.41, 5.74) is 9.72. The molecule has 15 heavy (non-hydrogen) atoms. The Balaban J connectivity index is 3.09. The van der Waals surface area contributed by atoms with Gasteiger partial charge in [-0.2, -0.15) is 12.6 Å². The van der Waals surface area contributed by atoms with Crippen molar-refractivity contribution in [3.8, 4) is 0 Å². The first-order chi connectivity index (χ1) is 6.86. The third kappa shape index (κ3) is 2.99. The van der Waals surface area contributed by atoms with E-state index in [1.54, 1.807) is 0 Å². The van der Waals surface area contributed by atoms with Crippen LogP contribution in [-0.2, 0) is 5.41 Å². The molecule has 1 unspecified atom stereocenters. The number of nitrogens with two attached hydrogens (primary N) is 1. The van der Waals surface area contributed by atoms with E-state index in [-0.39, 0.29) is 10.7 Å². The highest BCUT2D eigenvalue weighted by atomic mass is 32.1. The second kappa shape index (κ2) is 4.58. The summed E-state index contributed by atoms with van der Waals surface area (Å²) in [7, 11) is 0. The first kappa shape index (κ1) is 12.6. The number of aryl methyl sites for hydroxylation is 1. The zero-order chi connectivity index (χ0) is 11.6. The molecule has 0 aromatic heterocycles. The van der Waals surface area contributed by atoms with Crippen molar-refractivity contribution in [2.75, 3.05) is 6.54 Å². The van der Waals surface area contributed by atoms with Gasteiger partial charge in [-0.25, -0.2) is 0 Å². The van der Waals surface area contributed by atoms with Crippen LogP contribution in [0.25, 0.3) is 0 Å². The molecule has 0 amide bonds. The highest BCUT2D eigenvalue weighted by Crippen LogP contribution is 2.28. The Labute approximate surface area is 98.5 Å². The van der Waals surface area contributed by atoms with E-state index in [0.717, 1.165) is 0 Å². The van der Waals surface area contributed by atoms with E-state index >= 15 is 0 Å². The highest BCUT2D eigenvalue weighted by Gasteiger charge is 2.15. The largest absolute Gasteiger partial charge is 0.329 e. The monoisotopic (exact) mass is 223 g/mol. The van der Waals surface area contributed by atoms with Crippen LogP contribution in [0.3, 0.4) is 0 Å². The minimum Gasteiger partial charge on any atom is -0.329 e. The van der Waals surface area contributed by atoms with Crippen LogP contribution in [0.2, 0.25) is 0 Å². The van der Waals surface area contributed by atoms with E-state index in [9.17, 15) is 0 Å². The van der Waals surface area contributed by atoms with Gasteiger partial charge in [-0.3, -0.25) is 0 Å². The Hall–Kier alpha value is -0.470. The lowest BCUT2D eigenvalue weighted by Gasteiger charge is -2.21. The van der Waals surface area contributed by atoms with Crippen molar-refractivity contribution in [2.24, 2.45) is 5.73 Å². The van der Waals surface area contributed by atoms with Gasteiger partial charge in [0.05, 0.1) is 0 Å².